The second kappa shape index (κ2) is 6.33. The molecule has 3 fully saturated rings. The fourth-order valence-electron chi connectivity index (χ4n) is 6.09. The number of benzene rings is 2. The van der Waals surface area contributed by atoms with Gasteiger partial charge in [0.25, 0.3) is 0 Å². The molecule has 3 heterocycles. The van der Waals surface area contributed by atoms with E-state index in [0.717, 1.165) is 18.8 Å². The van der Waals surface area contributed by atoms with E-state index in [1.54, 1.807) is 0 Å². The maximum Gasteiger partial charge on any atom is 0.0675 e. The molecule has 146 valence electrons. The first kappa shape index (κ1) is 17.0. The standard InChI is InChI=1S/C25H26N4/c1-2-17-16-29-13-12-25-21-10-6-7-11-22(21)27-24(25)20(19(17)14-23(25)29)15-26-28-18-8-4-3-5-9-18/h2-11,15,19,23,26,28H,12-14,16H2,1H3/b17-2-,20-15?. The fourth-order valence-corrected chi connectivity index (χ4v) is 6.09. The minimum atomic E-state index is 0.0621. The Morgan fingerprint density at radius 3 is 2.79 bits per heavy atom. The van der Waals surface area contributed by atoms with E-state index >= 15 is 0 Å². The molecule has 0 radical (unpaired) electrons. The second-order valence-electron chi connectivity index (χ2n) is 8.57. The molecule has 1 spiro atoms. The molecule has 4 heteroatoms. The maximum absolute atomic E-state index is 5.23. The van der Waals surface area contributed by atoms with E-state index < -0.39 is 0 Å². The van der Waals surface area contributed by atoms with Crippen LogP contribution in [0.4, 0.5) is 11.4 Å². The van der Waals surface area contributed by atoms with E-state index in [1.165, 1.54) is 41.0 Å². The average Bonchev–Trinajstić information content (AvgIpc) is 3.32. The van der Waals surface area contributed by atoms with Gasteiger partial charge < -0.3 is 10.9 Å². The minimum absolute atomic E-state index is 0.0621. The minimum Gasteiger partial charge on any atom is -0.308 e. The Morgan fingerprint density at radius 2 is 1.93 bits per heavy atom. The van der Waals surface area contributed by atoms with Gasteiger partial charge in [0.1, 0.15) is 0 Å². The molecule has 0 aromatic heterocycles. The highest BCUT2D eigenvalue weighted by Crippen LogP contribution is 2.59. The molecule has 2 bridgehead atoms. The van der Waals surface area contributed by atoms with Crippen molar-refractivity contribution in [1.82, 2.24) is 10.3 Å². The van der Waals surface area contributed by atoms with Crippen LogP contribution in [0.3, 0.4) is 0 Å². The first-order valence-corrected chi connectivity index (χ1v) is 10.7. The Morgan fingerprint density at radius 1 is 1.10 bits per heavy atom. The van der Waals surface area contributed by atoms with Gasteiger partial charge in [-0.3, -0.25) is 9.89 Å². The van der Waals surface area contributed by atoms with Crippen LogP contribution in [0, 0.1) is 5.92 Å². The zero-order valence-electron chi connectivity index (χ0n) is 16.7. The predicted molar refractivity (Wildman–Crippen MR) is 118 cm³/mol. The Labute approximate surface area is 172 Å². The molecular weight excluding hydrogens is 356 g/mol. The molecule has 1 aliphatic carbocycles. The molecule has 2 aromatic carbocycles. The number of nitrogens with zero attached hydrogens (tertiary/aromatic N) is 2. The first-order chi connectivity index (χ1) is 14.3. The van der Waals surface area contributed by atoms with Crippen molar-refractivity contribution in [2.24, 2.45) is 10.9 Å². The number of rotatable bonds is 3. The number of piperidine rings is 1. The molecule has 3 unspecified atom stereocenters. The highest BCUT2D eigenvalue weighted by atomic mass is 15.3. The molecule has 3 aliphatic heterocycles. The smallest absolute Gasteiger partial charge is 0.0675 e. The lowest BCUT2D eigenvalue weighted by Crippen LogP contribution is -2.56. The van der Waals surface area contributed by atoms with Crippen LogP contribution in [0.5, 0.6) is 0 Å². The summed E-state index contributed by atoms with van der Waals surface area (Å²) in [6.07, 6.45) is 6.86. The molecule has 29 heavy (non-hydrogen) atoms. The van der Waals surface area contributed by atoms with Crippen LogP contribution in [-0.4, -0.2) is 29.7 Å². The third kappa shape index (κ3) is 2.32. The summed E-state index contributed by atoms with van der Waals surface area (Å²) < 4.78 is 0. The van der Waals surface area contributed by atoms with E-state index in [-0.39, 0.29) is 5.41 Å². The van der Waals surface area contributed by atoms with Crippen molar-refractivity contribution in [3.8, 4) is 0 Å². The topological polar surface area (TPSA) is 39.7 Å². The van der Waals surface area contributed by atoms with Gasteiger partial charge in [0.2, 0.25) is 0 Å². The number of nitrogens with one attached hydrogen (secondary N) is 2. The summed E-state index contributed by atoms with van der Waals surface area (Å²) >= 11 is 0. The Hall–Kier alpha value is -2.85. The summed E-state index contributed by atoms with van der Waals surface area (Å²) in [5, 5.41) is 0. The molecule has 1 saturated carbocycles. The zero-order chi connectivity index (χ0) is 19.4. The summed E-state index contributed by atoms with van der Waals surface area (Å²) in [7, 11) is 0. The molecule has 6 rings (SSSR count). The summed E-state index contributed by atoms with van der Waals surface area (Å²) in [6.45, 7) is 4.43. The van der Waals surface area contributed by atoms with Crippen LogP contribution in [0.15, 0.2) is 83.0 Å². The number of fused-ring (bicyclic) bond motifs is 2. The normalized spacial score (nSPS) is 32.1. The predicted octanol–water partition coefficient (Wildman–Crippen LogP) is 4.57. The van der Waals surface area contributed by atoms with E-state index in [9.17, 15) is 0 Å². The summed E-state index contributed by atoms with van der Waals surface area (Å²) in [5.74, 6) is 0.450. The van der Waals surface area contributed by atoms with Gasteiger partial charge in [0.15, 0.2) is 0 Å². The van der Waals surface area contributed by atoms with Gasteiger partial charge >= 0.3 is 0 Å². The molecule has 2 aromatic rings. The van der Waals surface area contributed by atoms with Gasteiger partial charge in [0, 0.05) is 31.2 Å². The zero-order valence-corrected chi connectivity index (χ0v) is 16.7. The highest BCUT2D eigenvalue weighted by molar-refractivity contribution is 6.15. The lowest BCUT2D eigenvalue weighted by atomic mass is 9.59. The van der Waals surface area contributed by atoms with Crippen molar-refractivity contribution < 1.29 is 0 Å². The number of aliphatic imine (C=N–C) groups is 1. The lowest BCUT2D eigenvalue weighted by Gasteiger charge is -2.49. The van der Waals surface area contributed by atoms with Gasteiger partial charge in [-0.2, -0.15) is 0 Å². The Bertz CT molecular complexity index is 1050. The number of hydrogen-bond acceptors (Lipinski definition) is 4. The number of hydrazine groups is 1. The van der Waals surface area contributed by atoms with E-state index in [4.69, 9.17) is 4.99 Å². The molecule has 4 aliphatic rings. The summed E-state index contributed by atoms with van der Waals surface area (Å²) in [5.41, 5.74) is 14.6. The summed E-state index contributed by atoms with van der Waals surface area (Å²) in [6, 6.07) is 19.6. The van der Waals surface area contributed by atoms with Crippen molar-refractivity contribution >= 4 is 17.1 Å². The van der Waals surface area contributed by atoms with E-state index in [1.807, 2.05) is 18.2 Å². The SMILES string of the molecule is C/C=C1/CN2CCC34C(=Nc5ccccc53)C(=CNNc3ccccc3)C1CC24. The van der Waals surface area contributed by atoms with Gasteiger partial charge in [0.05, 0.1) is 22.5 Å². The van der Waals surface area contributed by atoms with Gasteiger partial charge in [-0.1, -0.05) is 48.0 Å². The third-order valence-electron chi connectivity index (χ3n) is 7.37. The van der Waals surface area contributed by atoms with Crippen LogP contribution in [0.25, 0.3) is 0 Å². The lowest BCUT2D eigenvalue weighted by molar-refractivity contribution is 0.179. The van der Waals surface area contributed by atoms with Gasteiger partial charge in [-0.25, -0.2) is 0 Å². The molecule has 0 amide bonds. The first-order valence-electron chi connectivity index (χ1n) is 10.7. The van der Waals surface area contributed by atoms with E-state index in [2.05, 4.69) is 71.3 Å². The number of allylic oxidation sites excluding steroid dienone is 2. The quantitative estimate of drug-likeness (QED) is 0.604. The van der Waals surface area contributed by atoms with Crippen molar-refractivity contribution in [3.05, 3.63) is 83.6 Å². The van der Waals surface area contributed by atoms with Crippen LogP contribution in [-0.2, 0) is 5.41 Å². The number of para-hydroxylation sites is 2. The van der Waals surface area contributed by atoms with Gasteiger partial charge in [-0.05, 0) is 49.1 Å². The van der Waals surface area contributed by atoms with Crippen molar-refractivity contribution in [2.75, 3.05) is 18.5 Å². The van der Waals surface area contributed by atoms with Crippen molar-refractivity contribution in [1.29, 1.82) is 0 Å². The average molecular weight is 383 g/mol. The van der Waals surface area contributed by atoms with Crippen LogP contribution in [0.1, 0.15) is 25.3 Å². The Kier molecular flexibility index (Phi) is 3.72. The second-order valence-corrected chi connectivity index (χ2v) is 8.57. The summed E-state index contributed by atoms with van der Waals surface area (Å²) in [4.78, 5) is 7.93. The van der Waals surface area contributed by atoms with Crippen LogP contribution in [0.2, 0.25) is 0 Å². The van der Waals surface area contributed by atoms with Crippen molar-refractivity contribution in [2.45, 2.75) is 31.2 Å². The molecule has 2 saturated heterocycles. The number of hydrogen-bond donors (Lipinski definition) is 2. The monoisotopic (exact) mass is 382 g/mol. The van der Waals surface area contributed by atoms with Crippen LogP contribution >= 0.6 is 0 Å². The largest absolute Gasteiger partial charge is 0.308 e. The molecule has 4 nitrogen and oxygen atoms in total. The highest BCUT2D eigenvalue weighted by Gasteiger charge is 2.61. The van der Waals surface area contributed by atoms with Crippen LogP contribution < -0.4 is 10.9 Å². The maximum atomic E-state index is 5.23. The Balaban J connectivity index is 1.44. The third-order valence-corrected chi connectivity index (χ3v) is 7.37. The van der Waals surface area contributed by atoms with E-state index in [0.29, 0.717) is 12.0 Å². The molecule has 3 atom stereocenters. The van der Waals surface area contributed by atoms with Gasteiger partial charge in [-0.15, -0.1) is 0 Å². The van der Waals surface area contributed by atoms with Crippen molar-refractivity contribution in [3.63, 3.8) is 0 Å². The molecule has 2 N–H and O–H groups in total. The molecular formula is C25H26N4. The number of anilines is 1. The fraction of sp³-hybridized carbons (Fsp3) is 0.320.